The van der Waals surface area contributed by atoms with E-state index in [-0.39, 0.29) is 17.0 Å². The predicted octanol–water partition coefficient (Wildman–Crippen LogP) is 2.84. The number of aromatic nitrogens is 2. The summed E-state index contributed by atoms with van der Waals surface area (Å²) in [5.41, 5.74) is 0.326. The monoisotopic (exact) mass is 391 g/mol. The van der Waals surface area contributed by atoms with Crippen molar-refractivity contribution in [2.45, 2.75) is 6.54 Å². The zero-order chi connectivity index (χ0) is 19.6. The van der Waals surface area contributed by atoms with Crippen LogP contribution >= 0.6 is 11.6 Å². The minimum absolute atomic E-state index is 0.113. The fourth-order valence-corrected chi connectivity index (χ4v) is 2.71. The number of anilines is 1. The topological polar surface area (TPSA) is 82.5 Å². The van der Waals surface area contributed by atoms with Gasteiger partial charge in [-0.15, -0.1) is 0 Å². The number of hydrogen-bond donors (Lipinski definition) is 1. The van der Waals surface area contributed by atoms with Crippen LogP contribution in [0.15, 0.2) is 41.5 Å². The van der Waals surface area contributed by atoms with Crippen molar-refractivity contribution in [3.05, 3.63) is 57.9 Å². The lowest BCUT2D eigenvalue weighted by atomic mass is 10.2. The van der Waals surface area contributed by atoms with E-state index in [0.717, 1.165) is 10.6 Å². The molecule has 1 N–H and O–H groups in total. The molecular weight excluding hydrogens is 377 g/mol. The third kappa shape index (κ3) is 3.85. The molecule has 1 amide bonds. The summed E-state index contributed by atoms with van der Waals surface area (Å²) in [4.78, 5) is 29.1. The lowest BCUT2D eigenvalue weighted by Crippen LogP contribution is -2.28. The van der Waals surface area contributed by atoms with Crippen molar-refractivity contribution in [2.24, 2.45) is 0 Å². The number of nitrogens with one attached hydrogen (secondary N) is 1. The van der Waals surface area contributed by atoms with E-state index in [9.17, 15) is 14.0 Å². The van der Waals surface area contributed by atoms with Crippen molar-refractivity contribution in [2.75, 3.05) is 19.5 Å². The molecule has 3 rings (SSSR count). The lowest BCUT2D eigenvalue weighted by Gasteiger charge is -2.11. The number of ether oxygens (including phenoxy) is 2. The Labute approximate surface area is 158 Å². The highest BCUT2D eigenvalue weighted by molar-refractivity contribution is 6.31. The first-order chi connectivity index (χ1) is 12.9. The molecule has 27 heavy (non-hydrogen) atoms. The molecule has 0 fully saturated rings. The van der Waals surface area contributed by atoms with Crippen LogP contribution in [0.3, 0.4) is 0 Å². The molecule has 0 aliphatic heterocycles. The third-order valence-corrected chi connectivity index (χ3v) is 4.14. The van der Waals surface area contributed by atoms with Crippen LogP contribution in [-0.4, -0.2) is 29.7 Å². The first-order valence-corrected chi connectivity index (χ1v) is 8.17. The van der Waals surface area contributed by atoms with E-state index in [2.05, 4.69) is 10.3 Å². The number of amides is 1. The van der Waals surface area contributed by atoms with Crippen LogP contribution < -0.4 is 20.3 Å². The molecule has 0 saturated carbocycles. The molecule has 7 nitrogen and oxygen atoms in total. The minimum atomic E-state index is -0.589. The molecule has 0 aliphatic carbocycles. The van der Waals surface area contributed by atoms with Gasteiger partial charge in [-0.2, -0.15) is 0 Å². The van der Waals surface area contributed by atoms with Crippen molar-refractivity contribution < 1.29 is 18.7 Å². The summed E-state index contributed by atoms with van der Waals surface area (Å²) in [5, 5.41) is 2.72. The largest absolute Gasteiger partial charge is 0.493 e. The molecule has 0 saturated heterocycles. The average Bonchev–Trinajstić information content (AvgIpc) is 2.66. The zero-order valence-electron chi connectivity index (χ0n) is 14.5. The second kappa shape index (κ2) is 7.63. The molecule has 0 radical (unpaired) electrons. The standard InChI is InChI=1S/C18H15ClFN3O4/c1-26-15-6-11-14(7-16(15)27-2)21-9-23(18(11)25)8-17(24)22-10-3-4-13(20)12(19)5-10/h3-7,9H,8H2,1-2H3,(H,22,24). The van der Waals surface area contributed by atoms with E-state index in [1.54, 1.807) is 6.07 Å². The van der Waals surface area contributed by atoms with Gasteiger partial charge >= 0.3 is 0 Å². The van der Waals surface area contributed by atoms with Gasteiger partial charge in [0.1, 0.15) is 12.4 Å². The van der Waals surface area contributed by atoms with Crippen molar-refractivity contribution in [3.8, 4) is 11.5 Å². The summed E-state index contributed by atoms with van der Waals surface area (Å²) >= 11 is 5.69. The fraction of sp³-hybridized carbons (Fsp3) is 0.167. The van der Waals surface area contributed by atoms with Crippen LogP contribution in [0.4, 0.5) is 10.1 Å². The first-order valence-electron chi connectivity index (χ1n) is 7.79. The van der Waals surface area contributed by atoms with E-state index in [1.165, 1.54) is 38.7 Å². The van der Waals surface area contributed by atoms with E-state index in [1.807, 2.05) is 0 Å². The molecule has 9 heteroatoms. The number of rotatable bonds is 5. The summed E-state index contributed by atoms with van der Waals surface area (Å²) in [7, 11) is 2.94. The summed E-state index contributed by atoms with van der Waals surface area (Å²) in [6.07, 6.45) is 1.27. The lowest BCUT2D eigenvalue weighted by molar-refractivity contribution is -0.116. The highest BCUT2D eigenvalue weighted by Crippen LogP contribution is 2.29. The van der Waals surface area contributed by atoms with E-state index in [4.69, 9.17) is 21.1 Å². The van der Waals surface area contributed by atoms with Crippen LogP contribution in [0.25, 0.3) is 10.9 Å². The van der Waals surface area contributed by atoms with Crippen molar-refractivity contribution in [3.63, 3.8) is 0 Å². The van der Waals surface area contributed by atoms with Crippen molar-refractivity contribution in [1.29, 1.82) is 0 Å². The molecule has 140 valence electrons. The summed E-state index contributed by atoms with van der Waals surface area (Å²) in [5.74, 6) is -0.247. The number of halogens is 2. The second-order valence-corrected chi connectivity index (χ2v) is 5.99. The Kier molecular flexibility index (Phi) is 5.27. The molecule has 2 aromatic carbocycles. The summed E-state index contributed by atoms with van der Waals surface area (Å²) in [6.45, 7) is -0.273. The van der Waals surface area contributed by atoms with E-state index >= 15 is 0 Å². The van der Waals surface area contributed by atoms with Gasteiger partial charge in [0.15, 0.2) is 11.5 Å². The van der Waals surface area contributed by atoms with Crippen LogP contribution in [0.1, 0.15) is 0 Å². The molecule has 0 unspecified atom stereocenters. The Hall–Kier alpha value is -3.13. The quantitative estimate of drug-likeness (QED) is 0.723. The van der Waals surface area contributed by atoms with Crippen LogP contribution in [-0.2, 0) is 11.3 Å². The van der Waals surface area contributed by atoms with Crippen LogP contribution in [0.2, 0.25) is 5.02 Å². The number of hydrogen-bond acceptors (Lipinski definition) is 5. The minimum Gasteiger partial charge on any atom is -0.493 e. The average molecular weight is 392 g/mol. The zero-order valence-corrected chi connectivity index (χ0v) is 15.2. The highest BCUT2D eigenvalue weighted by Gasteiger charge is 2.13. The van der Waals surface area contributed by atoms with E-state index < -0.39 is 17.3 Å². The molecule has 3 aromatic rings. The third-order valence-electron chi connectivity index (χ3n) is 3.85. The number of carbonyl (C=O) groups excluding carboxylic acids is 1. The fourth-order valence-electron chi connectivity index (χ4n) is 2.53. The van der Waals surface area contributed by atoms with Gasteiger partial charge in [0.25, 0.3) is 5.56 Å². The number of nitrogens with zero attached hydrogens (tertiary/aromatic N) is 2. The maximum atomic E-state index is 13.2. The van der Waals surface area contributed by atoms with Crippen LogP contribution in [0, 0.1) is 5.82 Å². The van der Waals surface area contributed by atoms with Gasteiger partial charge in [-0.1, -0.05) is 11.6 Å². The van der Waals surface area contributed by atoms with Crippen LogP contribution in [0.5, 0.6) is 11.5 Å². The SMILES string of the molecule is COc1cc2ncn(CC(=O)Nc3ccc(F)c(Cl)c3)c(=O)c2cc1OC. The predicted molar refractivity (Wildman–Crippen MR) is 99.1 cm³/mol. The highest BCUT2D eigenvalue weighted by atomic mass is 35.5. The van der Waals surface area contributed by atoms with Gasteiger partial charge < -0.3 is 14.8 Å². The Morgan fingerprint density at radius 2 is 1.93 bits per heavy atom. The van der Waals surface area contributed by atoms with Gasteiger partial charge in [0.2, 0.25) is 5.91 Å². The maximum absolute atomic E-state index is 13.2. The van der Waals surface area contributed by atoms with Crippen molar-refractivity contribution in [1.82, 2.24) is 9.55 Å². The van der Waals surface area contributed by atoms with Gasteiger partial charge in [-0.25, -0.2) is 9.37 Å². The van der Waals surface area contributed by atoms with Crippen molar-refractivity contribution >= 4 is 34.1 Å². The molecule has 0 aliphatic rings. The Morgan fingerprint density at radius 1 is 1.22 bits per heavy atom. The Balaban J connectivity index is 1.88. The van der Waals surface area contributed by atoms with Gasteiger partial charge in [0.05, 0.1) is 36.5 Å². The van der Waals surface area contributed by atoms with Gasteiger partial charge in [-0.05, 0) is 24.3 Å². The number of fused-ring (bicyclic) bond motifs is 1. The number of carbonyl (C=O) groups is 1. The Morgan fingerprint density at radius 3 is 2.59 bits per heavy atom. The molecule has 0 spiro atoms. The number of methoxy groups -OCH3 is 2. The molecular formula is C18H15ClFN3O4. The van der Waals surface area contributed by atoms with E-state index in [0.29, 0.717) is 22.7 Å². The first kappa shape index (κ1) is 18.7. The molecule has 1 heterocycles. The normalized spacial score (nSPS) is 10.7. The summed E-state index contributed by atoms with van der Waals surface area (Å²) < 4.78 is 24.7. The smallest absolute Gasteiger partial charge is 0.261 e. The molecule has 0 bridgehead atoms. The Bertz CT molecular complexity index is 1080. The van der Waals surface area contributed by atoms with Gasteiger partial charge in [-0.3, -0.25) is 14.2 Å². The maximum Gasteiger partial charge on any atom is 0.261 e. The molecule has 1 aromatic heterocycles. The summed E-state index contributed by atoms with van der Waals surface area (Å²) in [6, 6.07) is 6.89. The molecule has 0 atom stereocenters. The van der Waals surface area contributed by atoms with Gasteiger partial charge in [0, 0.05) is 11.8 Å². The second-order valence-electron chi connectivity index (χ2n) is 5.58. The number of benzene rings is 2.